The van der Waals surface area contributed by atoms with E-state index in [9.17, 15) is 0 Å². The molecular weight excluding hydrogens is 286 g/mol. The minimum Gasteiger partial charge on any atom is -0.454 e. The molecule has 6 rings (SSSR count). The Kier molecular flexibility index (Phi) is 2.66. The van der Waals surface area contributed by atoms with Crippen molar-refractivity contribution in [2.24, 2.45) is 17.6 Å². The average molecular weight is 307 g/mol. The van der Waals surface area contributed by atoms with Crippen LogP contribution in [0.5, 0.6) is 0 Å². The quantitative estimate of drug-likeness (QED) is 0.770. The summed E-state index contributed by atoms with van der Waals surface area (Å²) in [7, 11) is 0. The fourth-order valence-electron chi connectivity index (χ4n) is 4.71. The van der Waals surface area contributed by atoms with Crippen LogP contribution >= 0.6 is 0 Å². The van der Waals surface area contributed by atoms with Crippen LogP contribution in [-0.4, -0.2) is 10.2 Å². The number of aryl methyl sites for hydroxylation is 1. The summed E-state index contributed by atoms with van der Waals surface area (Å²) in [4.78, 5) is 0. The first-order valence-corrected chi connectivity index (χ1v) is 8.55. The van der Waals surface area contributed by atoms with Gasteiger partial charge in [0.25, 0.3) is 0 Å². The predicted molar refractivity (Wildman–Crippen MR) is 90.2 cm³/mol. The van der Waals surface area contributed by atoms with Crippen molar-refractivity contribution in [3.63, 3.8) is 0 Å². The summed E-state index contributed by atoms with van der Waals surface area (Å²) in [6, 6.07) is 4.20. The Hall–Kier alpha value is -1.94. The monoisotopic (exact) mass is 307 g/mol. The highest BCUT2D eigenvalue weighted by Crippen LogP contribution is 2.57. The molecule has 1 aromatic carbocycles. The van der Waals surface area contributed by atoms with Gasteiger partial charge in [-0.05, 0) is 62.5 Å². The number of nitrogens with zero attached hydrogens (tertiary/aromatic N) is 2. The van der Waals surface area contributed by atoms with E-state index in [1.54, 1.807) is 0 Å². The van der Waals surface area contributed by atoms with E-state index in [0.717, 1.165) is 39.5 Å². The highest BCUT2D eigenvalue weighted by Gasteiger charge is 2.45. The summed E-state index contributed by atoms with van der Waals surface area (Å²) in [5.74, 6) is 2.33. The van der Waals surface area contributed by atoms with Crippen molar-refractivity contribution in [1.29, 1.82) is 0 Å². The molecule has 3 saturated carbocycles. The number of hydrogen-bond acceptors (Lipinski definition) is 4. The lowest BCUT2D eigenvalue weighted by molar-refractivity contribution is 0.294. The third-order valence-electron chi connectivity index (χ3n) is 5.87. The number of rotatable bonds is 2. The van der Waals surface area contributed by atoms with Gasteiger partial charge in [-0.15, -0.1) is 5.10 Å². The summed E-state index contributed by atoms with van der Waals surface area (Å²) in [5, 5.41) is 9.74. The zero-order valence-corrected chi connectivity index (χ0v) is 13.5. The van der Waals surface area contributed by atoms with E-state index < -0.39 is 0 Å². The van der Waals surface area contributed by atoms with Crippen molar-refractivity contribution in [3.05, 3.63) is 35.0 Å². The van der Waals surface area contributed by atoms with Gasteiger partial charge in [0.1, 0.15) is 11.1 Å². The number of benzene rings is 1. The van der Waals surface area contributed by atoms with Crippen molar-refractivity contribution in [2.45, 2.75) is 45.1 Å². The number of fused-ring (bicyclic) bond motifs is 4. The van der Waals surface area contributed by atoms with Crippen LogP contribution in [0.3, 0.4) is 0 Å². The first-order valence-electron chi connectivity index (χ1n) is 8.55. The molecule has 0 amide bonds. The first-order chi connectivity index (χ1) is 11.1. The van der Waals surface area contributed by atoms with E-state index in [-0.39, 0.29) is 6.04 Å². The molecular formula is C19H21N3O. The molecule has 2 atom stereocenters. The molecule has 23 heavy (non-hydrogen) atoms. The van der Waals surface area contributed by atoms with Gasteiger partial charge in [0, 0.05) is 22.6 Å². The maximum atomic E-state index is 6.33. The summed E-state index contributed by atoms with van der Waals surface area (Å²) in [5.41, 5.74) is 12.4. The average Bonchev–Trinajstić information content (AvgIpc) is 3.16. The second-order valence-electron chi connectivity index (χ2n) is 7.54. The summed E-state index contributed by atoms with van der Waals surface area (Å²) in [6.07, 6.45) is 5.95. The summed E-state index contributed by atoms with van der Waals surface area (Å²) < 4.78 is 6.33. The highest BCUT2D eigenvalue weighted by molar-refractivity contribution is 6.04. The van der Waals surface area contributed by atoms with Gasteiger partial charge in [-0.1, -0.05) is 6.07 Å². The van der Waals surface area contributed by atoms with E-state index >= 15 is 0 Å². The van der Waals surface area contributed by atoms with Crippen molar-refractivity contribution >= 4 is 22.1 Å². The van der Waals surface area contributed by atoms with Crippen LogP contribution in [-0.2, 0) is 0 Å². The van der Waals surface area contributed by atoms with E-state index in [1.807, 2.05) is 13.1 Å². The number of aromatic nitrogens is 2. The summed E-state index contributed by atoms with van der Waals surface area (Å²) >= 11 is 0. The molecule has 1 unspecified atom stereocenters. The number of hydrogen-bond donors (Lipinski definition) is 1. The Labute approximate surface area is 135 Å². The van der Waals surface area contributed by atoms with Gasteiger partial charge in [-0.25, -0.2) is 0 Å². The van der Waals surface area contributed by atoms with E-state index in [1.165, 1.54) is 30.4 Å². The van der Waals surface area contributed by atoms with Gasteiger partial charge in [0.2, 0.25) is 0 Å². The fraction of sp³-hybridized carbons (Fsp3) is 0.474. The van der Waals surface area contributed by atoms with Crippen molar-refractivity contribution in [2.75, 3.05) is 0 Å². The fourth-order valence-corrected chi connectivity index (χ4v) is 4.71. The topological polar surface area (TPSA) is 64.9 Å². The molecule has 118 valence electrons. The first kappa shape index (κ1) is 13.5. The molecule has 2 bridgehead atoms. The lowest BCUT2D eigenvalue weighted by Crippen LogP contribution is -2.13. The van der Waals surface area contributed by atoms with Gasteiger partial charge < -0.3 is 10.2 Å². The Morgan fingerprint density at radius 3 is 2.74 bits per heavy atom. The van der Waals surface area contributed by atoms with Crippen LogP contribution in [0.2, 0.25) is 0 Å². The lowest BCUT2D eigenvalue weighted by Gasteiger charge is -2.24. The minimum atomic E-state index is -0.0614. The number of furan rings is 1. The standard InChI is InChI=1S/C19H21N3O/c1-9-3-13(10(2)20)18-15(4-9)17-19(23-18)16(8-21-22-17)14-7-11-5-12(14)6-11/h3-4,8,10-12,14H,5-7,20H2,1-2H3/t10-,11?,12?,14?/m1/s1. The largest absolute Gasteiger partial charge is 0.454 e. The van der Waals surface area contributed by atoms with Gasteiger partial charge >= 0.3 is 0 Å². The maximum absolute atomic E-state index is 6.33. The predicted octanol–water partition coefficient (Wildman–Crippen LogP) is 4.22. The van der Waals surface area contributed by atoms with Gasteiger partial charge in [-0.2, -0.15) is 5.10 Å². The summed E-state index contributed by atoms with van der Waals surface area (Å²) in [6.45, 7) is 4.09. The van der Waals surface area contributed by atoms with Crippen LogP contribution in [0.1, 0.15) is 54.8 Å². The second-order valence-corrected chi connectivity index (χ2v) is 7.54. The van der Waals surface area contributed by atoms with Gasteiger partial charge in [-0.3, -0.25) is 0 Å². The Balaban J connectivity index is 1.81. The van der Waals surface area contributed by atoms with Crippen molar-refractivity contribution < 1.29 is 4.42 Å². The lowest BCUT2D eigenvalue weighted by atomic mass is 9.81. The molecule has 2 N–H and O–H groups in total. The minimum absolute atomic E-state index is 0.0614. The van der Waals surface area contributed by atoms with Crippen LogP contribution in [0.25, 0.3) is 22.1 Å². The molecule has 4 nitrogen and oxygen atoms in total. The SMILES string of the molecule is Cc1cc([C@@H](C)N)c2oc3c(C4CC5CC4C5)cnnc3c2c1. The van der Waals surface area contributed by atoms with E-state index in [0.29, 0.717) is 5.92 Å². The van der Waals surface area contributed by atoms with Crippen molar-refractivity contribution in [1.82, 2.24) is 10.2 Å². The van der Waals surface area contributed by atoms with Crippen LogP contribution in [0, 0.1) is 18.8 Å². The highest BCUT2D eigenvalue weighted by atomic mass is 16.3. The Morgan fingerprint density at radius 1 is 1.22 bits per heavy atom. The van der Waals surface area contributed by atoms with E-state index in [4.69, 9.17) is 10.2 Å². The van der Waals surface area contributed by atoms with Gasteiger partial charge in [0.05, 0.1) is 6.20 Å². The normalized spacial score (nSPS) is 27.5. The molecule has 0 aliphatic heterocycles. The smallest absolute Gasteiger partial charge is 0.160 e. The third-order valence-corrected chi connectivity index (χ3v) is 5.87. The molecule has 2 heterocycles. The second kappa shape index (κ2) is 4.54. The van der Waals surface area contributed by atoms with Crippen LogP contribution in [0.15, 0.2) is 22.7 Å². The molecule has 2 aromatic heterocycles. The number of nitrogens with two attached hydrogens (primary N) is 1. The maximum Gasteiger partial charge on any atom is 0.160 e. The zero-order valence-electron chi connectivity index (χ0n) is 13.5. The molecule has 4 heteroatoms. The molecule has 3 aliphatic rings. The van der Waals surface area contributed by atoms with Gasteiger partial charge in [0.15, 0.2) is 5.58 Å². The van der Waals surface area contributed by atoms with E-state index in [2.05, 4.69) is 29.3 Å². The molecule has 3 aliphatic carbocycles. The zero-order chi connectivity index (χ0) is 15.7. The Morgan fingerprint density at radius 2 is 2.04 bits per heavy atom. The molecule has 3 fully saturated rings. The van der Waals surface area contributed by atoms with Crippen LogP contribution < -0.4 is 5.73 Å². The van der Waals surface area contributed by atoms with Crippen LogP contribution in [0.4, 0.5) is 0 Å². The molecule has 0 saturated heterocycles. The van der Waals surface area contributed by atoms with Crippen molar-refractivity contribution in [3.8, 4) is 0 Å². The Bertz CT molecular complexity index is 921. The molecule has 0 radical (unpaired) electrons. The third kappa shape index (κ3) is 1.81. The molecule has 0 spiro atoms. The molecule has 3 aromatic rings.